The van der Waals surface area contributed by atoms with Crippen molar-refractivity contribution in [2.24, 2.45) is 0 Å². The smallest absolute Gasteiger partial charge is 0.377 e. The lowest BCUT2D eigenvalue weighted by Crippen LogP contribution is -2.45. The largest absolute Gasteiger partial charge is 0.500 e. The van der Waals surface area contributed by atoms with Gasteiger partial charge in [-0.15, -0.1) is 0 Å². The maximum atomic E-state index is 13.5. The van der Waals surface area contributed by atoms with Gasteiger partial charge >= 0.3 is 8.80 Å². The molecule has 0 saturated carbocycles. The van der Waals surface area contributed by atoms with Crippen molar-refractivity contribution >= 4 is 8.80 Å². The number of halogens is 2. The van der Waals surface area contributed by atoms with Crippen molar-refractivity contribution in [3.8, 4) is 0 Å². The van der Waals surface area contributed by atoms with Crippen LogP contribution in [-0.4, -0.2) is 29.1 Å². The average molecular weight is 346 g/mol. The number of aryl methyl sites for hydroxylation is 1. The first kappa shape index (κ1) is 20.2. The van der Waals surface area contributed by atoms with Gasteiger partial charge in [-0.1, -0.05) is 18.9 Å². The Morgan fingerprint density at radius 3 is 2.22 bits per heavy atom. The van der Waals surface area contributed by atoms with E-state index in [-0.39, 0.29) is 6.10 Å². The van der Waals surface area contributed by atoms with E-state index in [0.29, 0.717) is 12.0 Å². The van der Waals surface area contributed by atoms with Crippen molar-refractivity contribution in [3.05, 3.63) is 35.4 Å². The normalized spacial score (nSPS) is 12.1. The van der Waals surface area contributed by atoms with E-state index in [2.05, 4.69) is 0 Å². The van der Waals surface area contributed by atoms with Gasteiger partial charge in [-0.2, -0.15) is 0 Å². The molecule has 6 heteroatoms. The van der Waals surface area contributed by atoms with E-state index in [0.717, 1.165) is 37.8 Å². The molecule has 0 spiro atoms. The zero-order valence-corrected chi connectivity index (χ0v) is 15.5. The molecule has 0 bridgehead atoms. The van der Waals surface area contributed by atoms with Gasteiger partial charge in [-0.05, 0) is 44.7 Å². The zero-order valence-electron chi connectivity index (χ0n) is 14.5. The second-order valence-corrected chi connectivity index (χ2v) is 8.83. The molecule has 132 valence electrons. The molecule has 0 amide bonds. The molecule has 1 aromatic rings. The van der Waals surface area contributed by atoms with E-state index in [1.54, 1.807) is 14.2 Å². The van der Waals surface area contributed by atoms with Crippen LogP contribution < -0.4 is 0 Å². The van der Waals surface area contributed by atoms with Crippen molar-refractivity contribution in [2.75, 3.05) is 14.2 Å². The molecular weight excluding hydrogens is 318 g/mol. The maximum absolute atomic E-state index is 13.5. The molecule has 0 fully saturated rings. The standard InChI is InChI=1S/C17H28F2O3Si/c1-14(2)22-23(20-3,21-4)12-8-6-5-7-9-15-10-11-16(18)13-17(15)19/h10-11,13-14H,5-9,12H2,1-4H3. The van der Waals surface area contributed by atoms with Crippen LogP contribution in [0.25, 0.3) is 0 Å². The third kappa shape index (κ3) is 7.08. The summed E-state index contributed by atoms with van der Waals surface area (Å²) in [5.41, 5.74) is 0.576. The van der Waals surface area contributed by atoms with Crippen LogP contribution in [0.15, 0.2) is 18.2 Å². The van der Waals surface area contributed by atoms with Gasteiger partial charge in [0.25, 0.3) is 0 Å². The zero-order chi connectivity index (χ0) is 17.3. The summed E-state index contributed by atoms with van der Waals surface area (Å²) >= 11 is 0. The van der Waals surface area contributed by atoms with Crippen LogP contribution >= 0.6 is 0 Å². The quantitative estimate of drug-likeness (QED) is 0.428. The van der Waals surface area contributed by atoms with Crippen LogP contribution in [0.2, 0.25) is 6.04 Å². The molecule has 0 unspecified atom stereocenters. The van der Waals surface area contributed by atoms with E-state index >= 15 is 0 Å². The van der Waals surface area contributed by atoms with Crippen molar-refractivity contribution < 1.29 is 22.1 Å². The molecular formula is C17H28F2O3Si. The van der Waals surface area contributed by atoms with Crippen LogP contribution in [-0.2, 0) is 19.7 Å². The minimum Gasteiger partial charge on any atom is -0.377 e. The van der Waals surface area contributed by atoms with Crippen LogP contribution in [0.5, 0.6) is 0 Å². The van der Waals surface area contributed by atoms with E-state index in [4.69, 9.17) is 13.3 Å². The van der Waals surface area contributed by atoms with Gasteiger partial charge in [0.2, 0.25) is 0 Å². The monoisotopic (exact) mass is 346 g/mol. The fraction of sp³-hybridized carbons (Fsp3) is 0.647. The van der Waals surface area contributed by atoms with Crippen LogP contribution in [0.4, 0.5) is 8.78 Å². The SMILES string of the molecule is CO[Si](CCCCCCc1ccc(F)cc1F)(OC)OC(C)C. The van der Waals surface area contributed by atoms with Crippen LogP contribution in [0, 0.1) is 11.6 Å². The van der Waals surface area contributed by atoms with E-state index in [1.807, 2.05) is 13.8 Å². The van der Waals surface area contributed by atoms with Gasteiger partial charge in [-0.3, -0.25) is 0 Å². The molecule has 0 saturated heterocycles. The maximum Gasteiger partial charge on any atom is 0.500 e. The summed E-state index contributed by atoms with van der Waals surface area (Å²) in [5.74, 6) is -0.989. The van der Waals surface area contributed by atoms with Crippen LogP contribution in [0.1, 0.15) is 45.1 Å². The Balaban J connectivity index is 2.28. The Morgan fingerprint density at radius 1 is 1.00 bits per heavy atom. The summed E-state index contributed by atoms with van der Waals surface area (Å²) < 4.78 is 43.2. The number of rotatable bonds is 11. The first-order valence-electron chi connectivity index (χ1n) is 8.14. The lowest BCUT2D eigenvalue weighted by atomic mass is 10.1. The molecule has 1 rings (SSSR count). The van der Waals surface area contributed by atoms with Crippen molar-refractivity contribution in [1.82, 2.24) is 0 Å². The molecule has 0 atom stereocenters. The molecule has 0 heterocycles. The third-order valence-electron chi connectivity index (χ3n) is 3.73. The molecule has 0 N–H and O–H groups in total. The summed E-state index contributed by atoms with van der Waals surface area (Å²) in [5, 5.41) is 0. The highest BCUT2D eigenvalue weighted by Gasteiger charge is 2.39. The molecule has 0 aliphatic carbocycles. The number of hydrogen-bond acceptors (Lipinski definition) is 3. The topological polar surface area (TPSA) is 27.7 Å². The Hall–Kier alpha value is -0.823. The molecule has 3 nitrogen and oxygen atoms in total. The average Bonchev–Trinajstić information content (AvgIpc) is 2.51. The fourth-order valence-electron chi connectivity index (χ4n) is 2.54. The molecule has 0 aliphatic heterocycles. The minimum absolute atomic E-state index is 0.0722. The highest BCUT2D eigenvalue weighted by molar-refractivity contribution is 6.60. The fourth-order valence-corrected chi connectivity index (χ4v) is 4.82. The summed E-state index contributed by atoms with van der Waals surface area (Å²) in [6, 6.07) is 4.55. The predicted molar refractivity (Wildman–Crippen MR) is 89.3 cm³/mol. The molecule has 0 aliphatic rings. The van der Waals surface area contributed by atoms with Gasteiger partial charge < -0.3 is 13.3 Å². The first-order valence-corrected chi connectivity index (χ1v) is 10.1. The minimum atomic E-state index is -2.55. The van der Waals surface area contributed by atoms with Crippen molar-refractivity contribution in [1.29, 1.82) is 0 Å². The van der Waals surface area contributed by atoms with Gasteiger partial charge in [-0.25, -0.2) is 8.78 Å². The van der Waals surface area contributed by atoms with Crippen molar-refractivity contribution in [2.45, 2.75) is 58.1 Å². The van der Waals surface area contributed by atoms with Gasteiger partial charge in [0.05, 0.1) is 0 Å². The second kappa shape index (κ2) is 10.1. The molecule has 1 aromatic carbocycles. The van der Waals surface area contributed by atoms with Crippen LogP contribution in [0.3, 0.4) is 0 Å². The number of benzene rings is 1. The summed E-state index contributed by atoms with van der Waals surface area (Å²) in [7, 11) is 0.721. The third-order valence-corrected chi connectivity index (χ3v) is 6.77. The van der Waals surface area contributed by atoms with Gasteiger partial charge in [0, 0.05) is 32.4 Å². The predicted octanol–water partition coefficient (Wildman–Crippen LogP) is 4.72. The first-order chi connectivity index (χ1) is 10.9. The molecule has 0 radical (unpaired) electrons. The summed E-state index contributed by atoms with van der Waals surface area (Å²) in [6.07, 6.45) is 4.52. The summed E-state index contributed by atoms with van der Waals surface area (Å²) in [6.45, 7) is 3.94. The van der Waals surface area contributed by atoms with Gasteiger partial charge in [0.1, 0.15) is 11.6 Å². The van der Waals surface area contributed by atoms with E-state index in [9.17, 15) is 8.78 Å². The Morgan fingerprint density at radius 2 is 1.65 bits per heavy atom. The Bertz CT molecular complexity index is 465. The number of hydrogen-bond donors (Lipinski definition) is 0. The van der Waals surface area contributed by atoms with Gasteiger partial charge in [0.15, 0.2) is 0 Å². The number of unbranched alkanes of at least 4 members (excludes halogenated alkanes) is 3. The molecule has 23 heavy (non-hydrogen) atoms. The summed E-state index contributed by atoms with van der Waals surface area (Å²) in [4.78, 5) is 0. The Kier molecular flexibility index (Phi) is 8.90. The van der Waals surface area contributed by atoms with E-state index < -0.39 is 20.4 Å². The second-order valence-electron chi connectivity index (χ2n) is 5.91. The Labute approximate surface area is 139 Å². The highest BCUT2D eigenvalue weighted by Crippen LogP contribution is 2.21. The lowest BCUT2D eigenvalue weighted by Gasteiger charge is -2.28. The lowest BCUT2D eigenvalue weighted by molar-refractivity contribution is 0.0693. The van der Waals surface area contributed by atoms with E-state index in [1.165, 1.54) is 12.1 Å². The van der Waals surface area contributed by atoms with Crippen molar-refractivity contribution in [3.63, 3.8) is 0 Å². The molecule has 0 aromatic heterocycles. The highest BCUT2D eigenvalue weighted by atomic mass is 28.4.